The molecule has 2 aromatic carbocycles. The molecule has 2 N–H and O–H groups in total. The number of nitrogens with one attached hydrogen (secondary N) is 2. The maximum absolute atomic E-state index is 11.0. The Morgan fingerprint density at radius 3 is 2.57 bits per heavy atom. The largest absolute Gasteiger partial charge is 0.456 e. The van der Waals surface area contributed by atoms with E-state index in [9.17, 15) is 14.9 Å². The molecule has 0 radical (unpaired) electrons. The number of hydrazine groups is 1. The lowest BCUT2D eigenvalue weighted by Gasteiger charge is -2.11. The zero-order chi connectivity index (χ0) is 17.0. The maximum Gasteiger partial charge on any atom is 0.294 e. The molecule has 0 aliphatic heterocycles. The van der Waals surface area contributed by atoms with Crippen LogP contribution >= 0.6 is 23.2 Å². The first kappa shape index (κ1) is 16.9. The van der Waals surface area contributed by atoms with E-state index in [1.54, 1.807) is 12.1 Å². The van der Waals surface area contributed by atoms with E-state index >= 15 is 0 Å². The van der Waals surface area contributed by atoms with Gasteiger partial charge < -0.3 is 4.74 Å². The molecule has 9 heteroatoms. The Bertz CT molecular complexity index is 768. The third-order valence-corrected chi connectivity index (χ3v) is 3.19. The molecule has 0 unspecified atom stereocenters. The van der Waals surface area contributed by atoms with Gasteiger partial charge in [0, 0.05) is 24.1 Å². The van der Waals surface area contributed by atoms with Gasteiger partial charge in [0.25, 0.3) is 5.69 Å². The van der Waals surface area contributed by atoms with E-state index in [0.29, 0.717) is 21.5 Å². The quantitative estimate of drug-likeness (QED) is 0.620. The van der Waals surface area contributed by atoms with E-state index in [0.717, 1.165) is 0 Å². The molecule has 0 atom stereocenters. The van der Waals surface area contributed by atoms with Gasteiger partial charge in [0.2, 0.25) is 5.91 Å². The minimum Gasteiger partial charge on any atom is -0.456 e. The first-order valence-corrected chi connectivity index (χ1v) is 7.06. The lowest BCUT2D eigenvalue weighted by atomic mass is 10.2. The summed E-state index contributed by atoms with van der Waals surface area (Å²) in [5.41, 5.74) is 4.61. The van der Waals surface area contributed by atoms with Crippen LogP contribution in [0.15, 0.2) is 36.4 Å². The average molecular weight is 356 g/mol. The number of hydrogen-bond acceptors (Lipinski definition) is 5. The Kier molecular flexibility index (Phi) is 5.25. The summed E-state index contributed by atoms with van der Waals surface area (Å²) in [4.78, 5) is 21.4. The van der Waals surface area contributed by atoms with Crippen molar-refractivity contribution in [3.8, 4) is 11.5 Å². The van der Waals surface area contributed by atoms with E-state index in [-0.39, 0.29) is 11.4 Å². The van der Waals surface area contributed by atoms with Gasteiger partial charge in [0.1, 0.15) is 17.2 Å². The van der Waals surface area contributed by atoms with Crippen LogP contribution in [-0.2, 0) is 4.79 Å². The van der Waals surface area contributed by atoms with Crippen LogP contribution in [0.1, 0.15) is 6.92 Å². The highest BCUT2D eigenvalue weighted by molar-refractivity contribution is 6.35. The highest BCUT2D eigenvalue weighted by Gasteiger charge is 2.16. The van der Waals surface area contributed by atoms with Crippen LogP contribution < -0.4 is 15.6 Å². The summed E-state index contributed by atoms with van der Waals surface area (Å²) in [5, 5.41) is 11.8. The van der Waals surface area contributed by atoms with Gasteiger partial charge in [-0.15, -0.1) is 0 Å². The molecular formula is C14H11Cl2N3O4. The summed E-state index contributed by atoms with van der Waals surface area (Å²) < 4.78 is 5.58. The number of anilines is 1. The highest BCUT2D eigenvalue weighted by atomic mass is 35.5. The van der Waals surface area contributed by atoms with E-state index in [4.69, 9.17) is 27.9 Å². The lowest BCUT2D eigenvalue weighted by Crippen LogP contribution is -2.26. The van der Waals surface area contributed by atoms with Crippen molar-refractivity contribution in [2.24, 2.45) is 0 Å². The third kappa shape index (κ3) is 4.48. The van der Waals surface area contributed by atoms with Gasteiger partial charge in [-0.25, -0.2) is 0 Å². The second-order valence-corrected chi connectivity index (χ2v) is 5.26. The molecule has 120 valence electrons. The second-order valence-electron chi connectivity index (χ2n) is 4.42. The second kappa shape index (κ2) is 7.17. The maximum atomic E-state index is 11.0. The number of amides is 1. The van der Waals surface area contributed by atoms with Gasteiger partial charge in [-0.1, -0.05) is 23.2 Å². The normalized spacial score (nSPS) is 10.0. The Morgan fingerprint density at radius 1 is 1.22 bits per heavy atom. The first-order valence-electron chi connectivity index (χ1n) is 6.31. The molecule has 2 rings (SSSR count). The van der Waals surface area contributed by atoms with Crippen molar-refractivity contribution in [2.75, 3.05) is 5.43 Å². The van der Waals surface area contributed by atoms with Crippen molar-refractivity contribution in [1.82, 2.24) is 5.43 Å². The van der Waals surface area contributed by atoms with Crippen LogP contribution in [0, 0.1) is 10.1 Å². The first-order chi connectivity index (χ1) is 10.9. The highest BCUT2D eigenvalue weighted by Crippen LogP contribution is 2.34. The number of hydrogen-bond donors (Lipinski definition) is 2. The zero-order valence-corrected chi connectivity index (χ0v) is 13.3. The predicted molar refractivity (Wildman–Crippen MR) is 87.1 cm³/mol. The molecule has 0 fully saturated rings. The SMILES string of the molecule is CC(=O)NNc1cc(Oc2ccc(Cl)cc2Cl)ccc1[N+](=O)[O-]. The van der Waals surface area contributed by atoms with Crippen LogP contribution in [0.2, 0.25) is 10.0 Å². The molecule has 0 aromatic heterocycles. The monoisotopic (exact) mass is 355 g/mol. The molecule has 1 amide bonds. The number of ether oxygens (including phenoxy) is 1. The molecule has 0 aliphatic carbocycles. The summed E-state index contributed by atoms with van der Waals surface area (Å²) >= 11 is 11.8. The Balaban J connectivity index is 2.30. The predicted octanol–water partition coefficient (Wildman–Crippen LogP) is 4.16. The van der Waals surface area contributed by atoms with E-state index < -0.39 is 10.8 Å². The van der Waals surface area contributed by atoms with Gasteiger partial charge in [-0.05, 0) is 24.3 Å². The summed E-state index contributed by atoms with van der Waals surface area (Å²) in [5.74, 6) is 0.245. The number of rotatable bonds is 5. The van der Waals surface area contributed by atoms with Gasteiger partial charge >= 0.3 is 0 Å². The van der Waals surface area contributed by atoms with E-state index in [1.165, 1.54) is 31.2 Å². The molecule has 0 saturated carbocycles. The van der Waals surface area contributed by atoms with Gasteiger partial charge in [-0.3, -0.25) is 25.8 Å². The van der Waals surface area contributed by atoms with Crippen LogP contribution in [0.25, 0.3) is 0 Å². The molecular weight excluding hydrogens is 345 g/mol. The van der Waals surface area contributed by atoms with Crippen LogP contribution in [-0.4, -0.2) is 10.8 Å². The van der Waals surface area contributed by atoms with Gasteiger partial charge in [0.15, 0.2) is 0 Å². The van der Waals surface area contributed by atoms with Crippen LogP contribution in [0.3, 0.4) is 0 Å². The number of benzene rings is 2. The van der Waals surface area contributed by atoms with E-state index in [2.05, 4.69) is 10.9 Å². The summed E-state index contributed by atoms with van der Waals surface area (Å²) in [6.07, 6.45) is 0. The number of carbonyl (C=O) groups is 1. The van der Waals surface area contributed by atoms with Gasteiger partial charge in [-0.2, -0.15) is 0 Å². The van der Waals surface area contributed by atoms with Crippen LogP contribution in [0.4, 0.5) is 11.4 Å². The number of nitro groups is 1. The molecule has 0 aliphatic rings. The molecule has 0 bridgehead atoms. The standard InChI is InChI=1S/C14H11Cl2N3O4/c1-8(20)17-18-12-7-10(3-4-13(12)19(21)22)23-14-5-2-9(15)6-11(14)16/h2-7,18H,1H3,(H,17,20). The minimum absolute atomic E-state index is 0.0767. The topological polar surface area (TPSA) is 93.5 Å². The summed E-state index contributed by atoms with van der Waals surface area (Å²) in [6.45, 7) is 1.27. The fourth-order valence-electron chi connectivity index (χ4n) is 1.68. The fourth-order valence-corrected chi connectivity index (χ4v) is 2.13. The van der Waals surface area contributed by atoms with Crippen molar-refractivity contribution < 1.29 is 14.5 Å². The van der Waals surface area contributed by atoms with Crippen molar-refractivity contribution in [3.05, 3.63) is 56.6 Å². The minimum atomic E-state index is -0.580. The smallest absolute Gasteiger partial charge is 0.294 e. The number of halogens is 2. The summed E-state index contributed by atoms with van der Waals surface area (Å²) in [6, 6.07) is 8.74. The van der Waals surface area contributed by atoms with Gasteiger partial charge in [0.05, 0.1) is 9.95 Å². The Morgan fingerprint density at radius 2 is 1.96 bits per heavy atom. The lowest BCUT2D eigenvalue weighted by molar-refractivity contribution is -0.384. The fraction of sp³-hybridized carbons (Fsp3) is 0.0714. The molecule has 0 heterocycles. The van der Waals surface area contributed by atoms with Crippen molar-refractivity contribution in [1.29, 1.82) is 0 Å². The average Bonchev–Trinajstić information content (AvgIpc) is 2.48. The summed E-state index contributed by atoms with van der Waals surface area (Å²) in [7, 11) is 0. The number of nitrogens with zero attached hydrogens (tertiary/aromatic N) is 1. The molecule has 7 nitrogen and oxygen atoms in total. The van der Waals surface area contributed by atoms with Crippen molar-refractivity contribution in [2.45, 2.75) is 6.92 Å². The number of nitro benzene ring substituents is 1. The van der Waals surface area contributed by atoms with Crippen LogP contribution in [0.5, 0.6) is 11.5 Å². The third-order valence-electron chi connectivity index (χ3n) is 2.66. The molecule has 2 aromatic rings. The van der Waals surface area contributed by atoms with Crippen molar-refractivity contribution in [3.63, 3.8) is 0 Å². The van der Waals surface area contributed by atoms with E-state index in [1.807, 2.05) is 0 Å². The Hall–Kier alpha value is -2.51. The van der Waals surface area contributed by atoms with Crippen molar-refractivity contribution >= 4 is 40.5 Å². The Labute approximate surface area is 141 Å². The number of carbonyl (C=O) groups excluding carboxylic acids is 1. The zero-order valence-electron chi connectivity index (χ0n) is 11.8. The molecule has 0 saturated heterocycles. The molecule has 0 spiro atoms. The molecule has 23 heavy (non-hydrogen) atoms.